The van der Waals surface area contributed by atoms with Crippen LogP contribution in [0.4, 0.5) is 0 Å². The molecule has 1 aromatic rings. The molecule has 0 aromatic heterocycles. The fourth-order valence-corrected chi connectivity index (χ4v) is 2.22. The van der Waals surface area contributed by atoms with Gasteiger partial charge in [0, 0.05) is 6.61 Å². The lowest BCUT2D eigenvalue weighted by Gasteiger charge is -2.20. The van der Waals surface area contributed by atoms with Crippen molar-refractivity contribution < 1.29 is 14.3 Å². The Balaban J connectivity index is 1.88. The summed E-state index contributed by atoms with van der Waals surface area (Å²) in [5.74, 6) is -0.578. The molecule has 0 aliphatic carbocycles. The fourth-order valence-electron chi connectivity index (χ4n) is 2.22. The molecule has 2 rings (SSSR count). The second-order valence-corrected chi connectivity index (χ2v) is 4.65. The van der Waals surface area contributed by atoms with Gasteiger partial charge in [0.15, 0.2) is 0 Å². The van der Waals surface area contributed by atoms with Gasteiger partial charge in [-0.25, -0.2) is 0 Å². The quantitative estimate of drug-likeness (QED) is 0.689. The highest BCUT2D eigenvalue weighted by Crippen LogP contribution is 2.28. The van der Waals surface area contributed by atoms with Crippen LogP contribution in [0.1, 0.15) is 18.1 Å². The molecule has 6 nitrogen and oxygen atoms in total. The van der Waals surface area contributed by atoms with E-state index in [2.05, 4.69) is 10.6 Å². The van der Waals surface area contributed by atoms with Crippen LogP contribution in [0.5, 0.6) is 0 Å². The van der Waals surface area contributed by atoms with E-state index in [1.54, 1.807) is 0 Å². The van der Waals surface area contributed by atoms with E-state index in [9.17, 15) is 9.59 Å². The molecule has 0 spiro atoms. The highest BCUT2D eigenvalue weighted by Gasteiger charge is 2.30. The third-order valence-electron chi connectivity index (χ3n) is 3.20. The van der Waals surface area contributed by atoms with Crippen LogP contribution in [0.25, 0.3) is 0 Å². The zero-order chi connectivity index (χ0) is 14.4. The molecule has 2 atom stereocenters. The first kappa shape index (κ1) is 14.5. The van der Waals surface area contributed by atoms with E-state index in [1.165, 1.54) is 0 Å². The Labute approximate surface area is 117 Å². The van der Waals surface area contributed by atoms with Gasteiger partial charge in [-0.05, 0) is 12.0 Å². The molecule has 20 heavy (non-hydrogen) atoms. The molecular weight excluding hydrogens is 258 g/mol. The normalized spacial score (nSPS) is 21.4. The molecule has 0 radical (unpaired) electrons. The summed E-state index contributed by atoms with van der Waals surface area (Å²) >= 11 is 0. The molecule has 1 fully saturated rings. The highest BCUT2D eigenvalue weighted by molar-refractivity contribution is 5.85. The summed E-state index contributed by atoms with van der Waals surface area (Å²) in [6.45, 7) is 0.431. The number of nitrogens with two attached hydrogens (primary N) is 1. The van der Waals surface area contributed by atoms with Crippen molar-refractivity contribution in [2.24, 2.45) is 5.73 Å². The van der Waals surface area contributed by atoms with Gasteiger partial charge in [-0.1, -0.05) is 30.3 Å². The van der Waals surface area contributed by atoms with Gasteiger partial charge in [0.2, 0.25) is 11.8 Å². The average Bonchev–Trinajstić information content (AvgIpc) is 2.93. The number of carbonyl (C=O) groups excluding carboxylic acids is 2. The lowest BCUT2D eigenvalue weighted by Crippen LogP contribution is -2.44. The zero-order valence-electron chi connectivity index (χ0n) is 11.2. The SMILES string of the molecule is NCC(=O)NCC(=O)NC1CCOC1c1ccccc1. The van der Waals surface area contributed by atoms with Crippen molar-refractivity contribution in [3.63, 3.8) is 0 Å². The molecule has 0 bridgehead atoms. The predicted octanol–water partition coefficient (Wildman–Crippen LogP) is -0.292. The minimum absolute atomic E-state index is 0.0615. The Kier molecular flexibility index (Phi) is 5.09. The highest BCUT2D eigenvalue weighted by atomic mass is 16.5. The molecular formula is C14H19N3O3. The van der Waals surface area contributed by atoms with Crippen LogP contribution in [0.2, 0.25) is 0 Å². The smallest absolute Gasteiger partial charge is 0.239 e. The number of carbonyl (C=O) groups is 2. The summed E-state index contributed by atoms with van der Waals surface area (Å²) in [7, 11) is 0. The number of nitrogens with one attached hydrogen (secondary N) is 2. The van der Waals surface area contributed by atoms with Crippen LogP contribution < -0.4 is 16.4 Å². The first-order valence-electron chi connectivity index (χ1n) is 6.63. The number of rotatable bonds is 5. The van der Waals surface area contributed by atoms with E-state index in [1.807, 2.05) is 30.3 Å². The van der Waals surface area contributed by atoms with E-state index in [0.29, 0.717) is 6.61 Å². The van der Waals surface area contributed by atoms with Gasteiger partial charge in [0.1, 0.15) is 6.10 Å². The Morgan fingerprint density at radius 2 is 2.00 bits per heavy atom. The molecule has 1 heterocycles. The Hall–Kier alpha value is -1.92. The van der Waals surface area contributed by atoms with E-state index in [4.69, 9.17) is 10.5 Å². The largest absolute Gasteiger partial charge is 0.371 e. The summed E-state index contributed by atoms with van der Waals surface area (Å²) in [6.07, 6.45) is 0.626. The van der Waals surface area contributed by atoms with Crippen molar-refractivity contribution in [2.75, 3.05) is 19.7 Å². The number of benzene rings is 1. The van der Waals surface area contributed by atoms with Gasteiger partial charge in [0.25, 0.3) is 0 Å². The van der Waals surface area contributed by atoms with Crippen LogP contribution in [0.3, 0.4) is 0 Å². The lowest BCUT2D eigenvalue weighted by molar-refractivity contribution is -0.126. The van der Waals surface area contributed by atoms with Gasteiger partial charge in [-0.2, -0.15) is 0 Å². The number of hydrogen-bond acceptors (Lipinski definition) is 4. The van der Waals surface area contributed by atoms with Crippen molar-refractivity contribution >= 4 is 11.8 Å². The second kappa shape index (κ2) is 7.02. The number of ether oxygens (including phenoxy) is 1. The Morgan fingerprint density at radius 1 is 1.25 bits per heavy atom. The third kappa shape index (κ3) is 3.79. The van der Waals surface area contributed by atoms with Gasteiger partial charge in [-0.15, -0.1) is 0 Å². The van der Waals surface area contributed by atoms with Crippen LogP contribution in [-0.2, 0) is 14.3 Å². The van der Waals surface area contributed by atoms with Gasteiger partial charge in [-0.3, -0.25) is 9.59 Å². The van der Waals surface area contributed by atoms with E-state index in [0.717, 1.165) is 12.0 Å². The molecule has 1 saturated heterocycles. The number of amides is 2. The minimum atomic E-state index is -0.345. The molecule has 1 aliphatic rings. The molecule has 1 aromatic carbocycles. The Bertz CT molecular complexity index is 464. The third-order valence-corrected chi connectivity index (χ3v) is 3.20. The van der Waals surface area contributed by atoms with Crippen LogP contribution in [0, 0.1) is 0 Å². The van der Waals surface area contributed by atoms with Crippen LogP contribution in [-0.4, -0.2) is 37.6 Å². The van der Waals surface area contributed by atoms with Crippen molar-refractivity contribution in [1.29, 1.82) is 0 Å². The molecule has 6 heteroatoms. The first-order valence-corrected chi connectivity index (χ1v) is 6.63. The molecule has 108 valence electrons. The van der Waals surface area contributed by atoms with Crippen molar-refractivity contribution in [2.45, 2.75) is 18.6 Å². The zero-order valence-corrected chi connectivity index (χ0v) is 11.2. The standard InChI is InChI=1S/C14H19N3O3/c15-8-12(18)16-9-13(19)17-11-6-7-20-14(11)10-4-2-1-3-5-10/h1-5,11,14H,6-9,15H2,(H,16,18)(H,17,19). The second-order valence-electron chi connectivity index (χ2n) is 4.65. The molecule has 0 saturated carbocycles. The summed E-state index contributed by atoms with van der Waals surface area (Å²) in [5, 5.41) is 5.33. The molecule has 4 N–H and O–H groups in total. The maximum absolute atomic E-state index is 11.8. The number of hydrogen-bond donors (Lipinski definition) is 3. The predicted molar refractivity (Wildman–Crippen MR) is 73.7 cm³/mol. The van der Waals surface area contributed by atoms with Gasteiger partial charge in [0.05, 0.1) is 19.1 Å². The van der Waals surface area contributed by atoms with Gasteiger partial charge >= 0.3 is 0 Å². The maximum Gasteiger partial charge on any atom is 0.239 e. The van der Waals surface area contributed by atoms with E-state index >= 15 is 0 Å². The minimum Gasteiger partial charge on any atom is -0.371 e. The van der Waals surface area contributed by atoms with E-state index in [-0.39, 0.29) is 37.0 Å². The summed E-state index contributed by atoms with van der Waals surface area (Å²) in [4.78, 5) is 22.8. The monoisotopic (exact) mass is 277 g/mol. The molecule has 2 amide bonds. The van der Waals surface area contributed by atoms with Crippen molar-refractivity contribution in [3.05, 3.63) is 35.9 Å². The lowest BCUT2D eigenvalue weighted by atomic mass is 10.0. The summed E-state index contributed by atoms with van der Waals surface area (Å²) in [6, 6.07) is 9.71. The summed E-state index contributed by atoms with van der Waals surface area (Å²) in [5.41, 5.74) is 6.20. The average molecular weight is 277 g/mol. The van der Waals surface area contributed by atoms with Crippen LogP contribution in [0.15, 0.2) is 30.3 Å². The van der Waals surface area contributed by atoms with Crippen molar-refractivity contribution in [1.82, 2.24) is 10.6 Å². The fraction of sp³-hybridized carbons (Fsp3) is 0.429. The van der Waals surface area contributed by atoms with Gasteiger partial charge < -0.3 is 21.1 Å². The Morgan fingerprint density at radius 3 is 2.70 bits per heavy atom. The van der Waals surface area contributed by atoms with Crippen LogP contribution >= 0.6 is 0 Å². The summed E-state index contributed by atoms with van der Waals surface area (Å²) < 4.78 is 5.68. The van der Waals surface area contributed by atoms with E-state index < -0.39 is 0 Å². The topological polar surface area (TPSA) is 93.5 Å². The molecule has 2 unspecified atom stereocenters. The maximum atomic E-state index is 11.8. The van der Waals surface area contributed by atoms with Crippen molar-refractivity contribution in [3.8, 4) is 0 Å². The first-order chi connectivity index (χ1) is 9.70. The molecule has 1 aliphatic heterocycles.